The summed E-state index contributed by atoms with van der Waals surface area (Å²) in [6, 6.07) is 4.68. The third-order valence-corrected chi connectivity index (χ3v) is 5.70. The van der Waals surface area contributed by atoms with Crippen LogP contribution in [0.3, 0.4) is 0 Å². The first-order chi connectivity index (χ1) is 18.0. The zero-order valence-electron chi connectivity index (χ0n) is 20.8. The average molecular weight is 534 g/mol. The van der Waals surface area contributed by atoms with Gasteiger partial charge in [0.05, 0.1) is 39.6 Å². The molecule has 204 valence electrons. The second-order valence-electron chi connectivity index (χ2n) is 7.96. The molecule has 0 bridgehead atoms. The molecule has 0 saturated heterocycles. The van der Waals surface area contributed by atoms with E-state index in [1.54, 1.807) is 0 Å². The van der Waals surface area contributed by atoms with Crippen LogP contribution >= 0.6 is 0 Å². The molecule has 0 amide bonds. The number of carbonyl (C=O) groups is 3. The van der Waals surface area contributed by atoms with E-state index in [-0.39, 0.29) is 51.2 Å². The first kappa shape index (κ1) is 27.9. The Hall–Kier alpha value is -4.65. The number of ether oxygens (including phenoxy) is 6. The van der Waals surface area contributed by atoms with Gasteiger partial charge in [0, 0.05) is 12.0 Å². The summed E-state index contributed by atoms with van der Waals surface area (Å²) in [7, 11) is 5.03. The smallest absolute Gasteiger partial charge is 0.338 e. The topological polar surface area (TPSA) is 188 Å². The van der Waals surface area contributed by atoms with Crippen LogP contribution in [-0.4, -0.2) is 85.1 Å². The van der Waals surface area contributed by atoms with Gasteiger partial charge >= 0.3 is 17.9 Å². The number of carboxylic acid groups (broad SMARTS) is 1. The number of phenolic OH excluding ortho intramolecular Hbond substituents is 2. The normalized spacial score (nSPS) is 18.6. The number of hydrogen-bond acceptors (Lipinski definition) is 12. The lowest BCUT2D eigenvalue weighted by atomic mass is 9.91. The molecule has 2 aromatic carbocycles. The van der Waals surface area contributed by atoms with E-state index in [1.165, 1.54) is 52.7 Å². The maximum atomic E-state index is 13.0. The van der Waals surface area contributed by atoms with E-state index in [2.05, 4.69) is 0 Å². The van der Waals surface area contributed by atoms with E-state index < -0.39 is 42.6 Å². The minimum absolute atomic E-state index is 0.0910. The van der Waals surface area contributed by atoms with Crippen molar-refractivity contribution in [2.75, 3.05) is 28.4 Å². The van der Waals surface area contributed by atoms with E-state index in [4.69, 9.17) is 28.4 Å². The van der Waals surface area contributed by atoms with Crippen molar-refractivity contribution in [1.82, 2.24) is 0 Å². The standard InChI is InChI=1S/C25H26O13/c1-33-15-7-12(8-16(34-2)20(15)27)24(31)37-19-6-11(23(29)30)5-14(26)22(19)38-25(32)13-9-17(35-3)21(28)18(10-13)36-4/h5,7-10,14,19,22,26-28H,6H2,1-4H3,(H,29,30)/t14-,19-,22-/m1/s1. The number of carboxylic acids is 1. The average Bonchev–Trinajstić information content (AvgIpc) is 2.90. The lowest BCUT2D eigenvalue weighted by Gasteiger charge is -2.33. The minimum Gasteiger partial charge on any atom is -0.502 e. The molecule has 0 spiro atoms. The second kappa shape index (κ2) is 11.6. The van der Waals surface area contributed by atoms with Gasteiger partial charge in [0.1, 0.15) is 12.2 Å². The predicted molar refractivity (Wildman–Crippen MR) is 127 cm³/mol. The van der Waals surface area contributed by atoms with Gasteiger partial charge in [-0.3, -0.25) is 0 Å². The van der Waals surface area contributed by atoms with Crippen LogP contribution in [0.1, 0.15) is 27.1 Å². The molecule has 38 heavy (non-hydrogen) atoms. The van der Waals surface area contributed by atoms with Gasteiger partial charge in [0.15, 0.2) is 29.1 Å². The zero-order valence-corrected chi connectivity index (χ0v) is 20.8. The molecule has 0 heterocycles. The Morgan fingerprint density at radius 2 is 1.13 bits per heavy atom. The van der Waals surface area contributed by atoms with Gasteiger partial charge in [-0.05, 0) is 30.3 Å². The van der Waals surface area contributed by atoms with Crippen molar-refractivity contribution in [2.24, 2.45) is 0 Å². The number of benzene rings is 2. The summed E-state index contributed by atoms with van der Waals surface area (Å²) in [4.78, 5) is 37.5. The molecule has 0 saturated carbocycles. The monoisotopic (exact) mass is 534 g/mol. The maximum Gasteiger partial charge on any atom is 0.338 e. The summed E-state index contributed by atoms with van der Waals surface area (Å²) in [6.07, 6.45) is -4.01. The molecule has 13 heteroatoms. The van der Waals surface area contributed by atoms with Crippen LogP contribution in [0.2, 0.25) is 0 Å². The number of hydrogen-bond donors (Lipinski definition) is 4. The van der Waals surface area contributed by atoms with E-state index in [0.717, 1.165) is 6.08 Å². The molecule has 1 aliphatic rings. The second-order valence-corrected chi connectivity index (χ2v) is 7.96. The van der Waals surface area contributed by atoms with E-state index >= 15 is 0 Å². The number of aliphatic hydroxyl groups excluding tert-OH is 1. The number of aromatic hydroxyl groups is 2. The van der Waals surface area contributed by atoms with Crippen molar-refractivity contribution in [2.45, 2.75) is 24.7 Å². The van der Waals surface area contributed by atoms with Gasteiger partial charge in [0.2, 0.25) is 11.5 Å². The SMILES string of the molecule is COc1cc(C(=O)O[C@@H]2[C@H](O)C=C(C(=O)O)C[C@H]2OC(=O)c2cc(OC)c(O)c(OC)c2)cc(OC)c1O. The highest BCUT2D eigenvalue weighted by molar-refractivity contribution is 5.93. The van der Waals surface area contributed by atoms with Gasteiger partial charge in [-0.2, -0.15) is 0 Å². The molecule has 0 unspecified atom stereocenters. The Bertz CT molecular complexity index is 1220. The van der Waals surface area contributed by atoms with Crippen molar-refractivity contribution in [3.05, 3.63) is 47.0 Å². The number of esters is 2. The van der Waals surface area contributed by atoms with Gasteiger partial charge in [-0.25, -0.2) is 14.4 Å². The molecule has 13 nitrogen and oxygen atoms in total. The number of rotatable bonds is 9. The summed E-state index contributed by atoms with van der Waals surface area (Å²) in [5, 5.41) is 40.2. The molecule has 0 aromatic heterocycles. The Morgan fingerprint density at radius 3 is 1.50 bits per heavy atom. The lowest BCUT2D eigenvalue weighted by molar-refractivity contribution is -0.134. The van der Waals surface area contributed by atoms with Gasteiger partial charge < -0.3 is 48.8 Å². The van der Waals surface area contributed by atoms with Crippen LogP contribution in [0.5, 0.6) is 34.5 Å². The van der Waals surface area contributed by atoms with Crippen molar-refractivity contribution in [3.8, 4) is 34.5 Å². The Labute approximate surface area is 216 Å². The predicted octanol–water partition coefficient (Wildman–Crippen LogP) is 1.66. The van der Waals surface area contributed by atoms with Crippen molar-refractivity contribution in [3.63, 3.8) is 0 Å². The van der Waals surface area contributed by atoms with Crippen molar-refractivity contribution in [1.29, 1.82) is 0 Å². The van der Waals surface area contributed by atoms with Gasteiger partial charge in [-0.15, -0.1) is 0 Å². The number of methoxy groups -OCH3 is 4. The Balaban J connectivity index is 1.93. The van der Waals surface area contributed by atoms with Crippen LogP contribution < -0.4 is 18.9 Å². The summed E-state index contributed by atoms with van der Waals surface area (Å²) in [5.74, 6) is -4.46. The number of aliphatic hydroxyl groups is 1. The van der Waals surface area contributed by atoms with Crippen LogP contribution in [0.25, 0.3) is 0 Å². The number of phenols is 2. The molecule has 3 atom stereocenters. The highest BCUT2D eigenvalue weighted by Crippen LogP contribution is 2.39. The summed E-state index contributed by atoms with van der Waals surface area (Å²) in [5.41, 5.74) is -0.526. The fourth-order valence-corrected chi connectivity index (χ4v) is 3.75. The molecular formula is C25H26O13. The molecule has 1 aliphatic carbocycles. The molecule has 2 aromatic rings. The van der Waals surface area contributed by atoms with Gasteiger partial charge in [-0.1, -0.05) is 0 Å². The number of carbonyl (C=O) groups excluding carboxylic acids is 2. The van der Waals surface area contributed by atoms with Crippen LogP contribution in [0, 0.1) is 0 Å². The Morgan fingerprint density at radius 1 is 0.737 bits per heavy atom. The fraction of sp³-hybridized carbons (Fsp3) is 0.320. The molecule has 0 aliphatic heterocycles. The van der Waals surface area contributed by atoms with E-state index in [9.17, 15) is 34.8 Å². The highest BCUT2D eigenvalue weighted by atomic mass is 16.6. The van der Waals surface area contributed by atoms with E-state index in [0.29, 0.717) is 0 Å². The van der Waals surface area contributed by atoms with Crippen molar-refractivity contribution >= 4 is 17.9 Å². The van der Waals surface area contributed by atoms with Crippen LogP contribution in [0.15, 0.2) is 35.9 Å². The quantitative estimate of drug-likeness (QED) is 0.340. The Kier molecular flexibility index (Phi) is 8.53. The summed E-state index contributed by atoms with van der Waals surface area (Å²) >= 11 is 0. The fourth-order valence-electron chi connectivity index (χ4n) is 3.75. The molecule has 0 radical (unpaired) electrons. The molecular weight excluding hydrogens is 508 g/mol. The van der Waals surface area contributed by atoms with Crippen LogP contribution in [-0.2, 0) is 14.3 Å². The largest absolute Gasteiger partial charge is 0.502 e. The first-order valence-corrected chi connectivity index (χ1v) is 11.0. The highest BCUT2D eigenvalue weighted by Gasteiger charge is 2.40. The number of aliphatic carboxylic acids is 1. The van der Waals surface area contributed by atoms with E-state index in [1.807, 2.05) is 0 Å². The van der Waals surface area contributed by atoms with Crippen LogP contribution in [0.4, 0.5) is 0 Å². The third kappa shape index (κ3) is 5.67. The zero-order chi connectivity index (χ0) is 28.1. The molecule has 0 fully saturated rings. The minimum atomic E-state index is -1.65. The summed E-state index contributed by atoms with van der Waals surface area (Å²) in [6.45, 7) is 0. The van der Waals surface area contributed by atoms with Gasteiger partial charge in [0.25, 0.3) is 0 Å². The first-order valence-electron chi connectivity index (χ1n) is 11.0. The molecule has 4 N–H and O–H groups in total. The summed E-state index contributed by atoms with van der Waals surface area (Å²) < 4.78 is 31.0. The molecule has 3 rings (SSSR count). The third-order valence-electron chi connectivity index (χ3n) is 5.70. The maximum absolute atomic E-state index is 13.0. The van der Waals surface area contributed by atoms with Crippen molar-refractivity contribution < 1.29 is 63.2 Å². The lowest BCUT2D eigenvalue weighted by Crippen LogP contribution is -2.46.